The van der Waals surface area contributed by atoms with Crippen LogP contribution in [0, 0.1) is 0 Å². The largest absolute Gasteiger partial charge is 0.122 e. The second-order valence-electron chi connectivity index (χ2n) is 3.24. The third-order valence-electron chi connectivity index (χ3n) is 1.99. The molecule has 0 unspecified atom stereocenters. The summed E-state index contributed by atoms with van der Waals surface area (Å²) in [7, 11) is 0. The van der Waals surface area contributed by atoms with Gasteiger partial charge in [-0.05, 0) is 11.1 Å². The maximum atomic E-state index is 5.53. The predicted octanol–water partition coefficient (Wildman–Crippen LogP) is 4.85. The molecule has 16 heavy (non-hydrogen) atoms. The minimum Gasteiger partial charge on any atom is -0.122 e. The van der Waals surface area contributed by atoms with E-state index in [2.05, 4.69) is 0 Å². The summed E-state index contributed by atoms with van der Waals surface area (Å²) in [5, 5.41) is 0. The van der Waals surface area contributed by atoms with Crippen LogP contribution < -0.4 is 0 Å². The second-order valence-corrected chi connectivity index (χ2v) is 3.77. The summed E-state index contributed by atoms with van der Waals surface area (Å²) in [4.78, 5) is 0. The molecule has 0 N–H and O–H groups in total. The number of hydrogen-bond acceptors (Lipinski definition) is 0. The highest BCUT2D eigenvalue weighted by Crippen LogP contribution is 2.01. The van der Waals surface area contributed by atoms with Crippen molar-refractivity contribution in [3.8, 4) is 0 Å². The van der Waals surface area contributed by atoms with Gasteiger partial charge in [-0.15, -0.1) is 23.2 Å². The van der Waals surface area contributed by atoms with Gasteiger partial charge in [-0.25, -0.2) is 0 Å². The van der Waals surface area contributed by atoms with Crippen LogP contribution in [0.5, 0.6) is 0 Å². The van der Waals surface area contributed by atoms with Gasteiger partial charge in [0.1, 0.15) is 0 Å². The Bertz CT molecular complexity index is 331. The first-order chi connectivity index (χ1) is 7.86. The Morgan fingerprint density at radius 2 is 0.875 bits per heavy atom. The van der Waals surface area contributed by atoms with Gasteiger partial charge in [0.15, 0.2) is 0 Å². The third-order valence-corrected chi connectivity index (χ3v) is 2.61. The fraction of sp³-hybridized carbons (Fsp3) is 0.143. The maximum Gasteiger partial charge on any atom is 0.0474 e. The summed E-state index contributed by atoms with van der Waals surface area (Å²) < 4.78 is 0. The predicted molar refractivity (Wildman–Crippen MR) is 72.0 cm³/mol. The number of benzene rings is 2. The Labute approximate surface area is 107 Å². The molecule has 0 saturated carbocycles. The van der Waals surface area contributed by atoms with Crippen LogP contribution in [0.1, 0.15) is 11.1 Å². The van der Waals surface area contributed by atoms with Crippen LogP contribution in [-0.4, -0.2) is 0 Å². The molecule has 0 fully saturated rings. The zero-order valence-electron chi connectivity index (χ0n) is 8.94. The van der Waals surface area contributed by atoms with E-state index in [1.165, 1.54) is 11.1 Å². The van der Waals surface area contributed by atoms with Crippen molar-refractivity contribution < 1.29 is 0 Å². The molecule has 0 bridgehead atoms. The molecule has 2 heteroatoms. The van der Waals surface area contributed by atoms with Crippen LogP contribution in [-0.2, 0) is 11.8 Å². The second kappa shape index (κ2) is 8.20. The zero-order chi connectivity index (χ0) is 11.6. The summed E-state index contributed by atoms with van der Waals surface area (Å²) in [6.07, 6.45) is 0. The van der Waals surface area contributed by atoms with Crippen LogP contribution in [0.2, 0.25) is 0 Å². The van der Waals surface area contributed by atoms with Gasteiger partial charge >= 0.3 is 0 Å². The summed E-state index contributed by atoms with van der Waals surface area (Å²) in [5.41, 5.74) is 2.35. The molecule has 0 nitrogen and oxygen atoms in total. The topological polar surface area (TPSA) is 0 Å². The minimum atomic E-state index is 0.612. The van der Waals surface area contributed by atoms with Crippen LogP contribution in [0.3, 0.4) is 0 Å². The minimum absolute atomic E-state index is 0.612. The van der Waals surface area contributed by atoms with E-state index in [4.69, 9.17) is 23.2 Å². The first-order valence-corrected chi connectivity index (χ1v) is 6.13. The lowest BCUT2D eigenvalue weighted by molar-refractivity contribution is 1.41. The molecule has 0 amide bonds. The molecule has 2 aromatic carbocycles. The van der Waals surface area contributed by atoms with Gasteiger partial charge < -0.3 is 0 Å². The number of hydrogen-bond donors (Lipinski definition) is 0. The number of alkyl halides is 2. The van der Waals surface area contributed by atoms with Gasteiger partial charge in [0, 0.05) is 11.8 Å². The van der Waals surface area contributed by atoms with E-state index in [1.807, 2.05) is 60.7 Å². The smallest absolute Gasteiger partial charge is 0.0474 e. The lowest BCUT2D eigenvalue weighted by Crippen LogP contribution is -1.71. The Hall–Kier alpha value is -0.980. The maximum absolute atomic E-state index is 5.53. The summed E-state index contributed by atoms with van der Waals surface area (Å²) in [5.74, 6) is 1.22. The summed E-state index contributed by atoms with van der Waals surface area (Å²) in [6, 6.07) is 19.9. The van der Waals surface area contributed by atoms with Gasteiger partial charge in [0.2, 0.25) is 0 Å². The fourth-order valence-corrected chi connectivity index (χ4v) is 1.49. The first kappa shape index (κ1) is 13.1. The Morgan fingerprint density at radius 3 is 1.06 bits per heavy atom. The highest BCUT2D eigenvalue weighted by atomic mass is 35.5. The Morgan fingerprint density at radius 1 is 0.562 bits per heavy atom. The van der Waals surface area contributed by atoms with Crippen molar-refractivity contribution >= 4 is 23.2 Å². The van der Waals surface area contributed by atoms with Crippen molar-refractivity contribution in [1.29, 1.82) is 0 Å². The van der Waals surface area contributed by atoms with Gasteiger partial charge in [-0.2, -0.15) is 0 Å². The van der Waals surface area contributed by atoms with Crippen LogP contribution >= 0.6 is 23.2 Å². The van der Waals surface area contributed by atoms with Crippen molar-refractivity contribution in [2.45, 2.75) is 11.8 Å². The van der Waals surface area contributed by atoms with Crippen LogP contribution in [0.4, 0.5) is 0 Å². The average molecular weight is 253 g/mol. The van der Waals surface area contributed by atoms with Gasteiger partial charge in [0.05, 0.1) is 0 Å². The molecule has 2 rings (SSSR count). The highest BCUT2D eigenvalue weighted by molar-refractivity contribution is 6.17. The van der Waals surface area contributed by atoms with E-state index in [0.717, 1.165) is 0 Å². The highest BCUT2D eigenvalue weighted by Gasteiger charge is 1.82. The van der Waals surface area contributed by atoms with Crippen molar-refractivity contribution in [2.75, 3.05) is 0 Å². The average Bonchev–Trinajstić information content (AvgIpc) is 2.41. The lowest BCUT2D eigenvalue weighted by Gasteiger charge is -1.88. The van der Waals surface area contributed by atoms with E-state index >= 15 is 0 Å². The molecule has 0 aliphatic heterocycles. The van der Waals surface area contributed by atoms with Gasteiger partial charge in [-0.3, -0.25) is 0 Å². The molecular weight excluding hydrogens is 239 g/mol. The van der Waals surface area contributed by atoms with Crippen molar-refractivity contribution in [2.24, 2.45) is 0 Å². The monoisotopic (exact) mass is 252 g/mol. The van der Waals surface area contributed by atoms with E-state index in [-0.39, 0.29) is 0 Å². The van der Waals surface area contributed by atoms with Crippen molar-refractivity contribution in [1.82, 2.24) is 0 Å². The number of halogens is 2. The fourth-order valence-electron chi connectivity index (χ4n) is 1.13. The normalized spacial score (nSPS) is 9.12. The molecule has 0 saturated heterocycles. The lowest BCUT2D eigenvalue weighted by atomic mass is 10.2. The molecule has 0 atom stereocenters. The third kappa shape index (κ3) is 5.20. The molecular formula is C14H14Cl2. The first-order valence-electron chi connectivity index (χ1n) is 5.06. The Kier molecular flexibility index (Phi) is 6.71. The standard InChI is InChI=1S/2C7H7Cl/c2*8-6-7-4-2-1-3-5-7/h2*1-5H,6H2. The summed E-state index contributed by atoms with van der Waals surface area (Å²) >= 11 is 11.1. The molecule has 2 aromatic rings. The van der Waals surface area contributed by atoms with Gasteiger partial charge in [0.25, 0.3) is 0 Å². The van der Waals surface area contributed by atoms with E-state index in [1.54, 1.807) is 0 Å². The van der Waals surface area contributed by atoms with Crippen molar-refractivity contribution in [3.05, 3.63) is 71.8 Å². The molecule has 0 aliphatic rings. The Balaban J connectivity index is 0.000000160. The number of rotatable bonds is 2. The van der Waals surface area contributed by atoms with Crippen molar-refractivity contribution in [3.63, 3.8) is 0 Å². The molecule has 0 aromatic heterocycles. The SMILES string of the molecule is ClCc1ccccc1.ClCc1ccccc1. The zero-order valence-corrected chi connectivity index (χ0v) is 10.5. The van der Waals surface area contributed by atoms with E-state index in [9.17, 15) is 0 Å². The van der Waals surface area contributed by atoms with E-state index < -0.39 is 0 Å². The van der Waals surface area contributed by atoms with Gasteiger partial charge in [-0.1, -0.05) is 60.7 Å². The molecule has 84 valence electrons. The molecule has 0 aliphatic carbocycles. The molecule has 0 spiro atoms. The quantitative estimate of drug-likeness (QED) is 0.671. The molecule has 0 radical (unpaired) electrons. The van der Waals surface area contributed by atoms with Crippen LogP contribution in [0.15, 0.2) is 60.7 Å². The summed E-state index contributed by atoms with van der Waals surface area (Å²) in [6.45, 7) is 0. The van der Waals surface area contributed by atoms with E-state index in [0.29, 0.717) is 11.8 Å². The van der Waals surface area contributed by atoms with Crippen LogP contribution in [0.25, 0.3) is 0 Å². The molecule has 0 heterocycles.